The average molecular weight is 434 g/mol. The van der Waals surface area contributed by atoms with Gasteiger partial charge >= 0.3 is 0 Å². The lowest BCUT2D eigenvalue weighted by Crippen LogP contribution is -2.55. The maximum absolute atomic E-state index is 12.9. The number of rotatable bonds is 6. The molecule has 2 aliphatic heterocycles. The van der Waals surface area contributed by atoms with Crippen LogP contribution in [0.4, 0.5) is 0 Å². The van der Waals surface area contributed by atoms with Crippen molar-refractivity contribution in [2.45, 2.75) is 31.4 Å². The monoisotopic (exact) mass is 433 g/mol. The summed E-state index contributed by atoms with van der Waals surface area (Å²) >= 11 is 0. The summed E-state index contributed by atoms with van der Waals surface area (Å²) in [6.07, 6.45) is 1.42. The van der Waals surface area contributed by atoms with Crippen molar-refractivity contribution < 1.29 is 14.3 Å². The van der Waals surface area contributed by atoms with Crippen LogP contribution in [0, 0.1) is 6.92 Å². The number of nitrogens with zero attached hydrogens (tertiary/aromatic N) is 1. The molecule has 1 atom stereocenters. The topological polar surface area (TPSA) is 62.8 Å². The first-order valence-corrected chi connectivity index (χ1v) is 9.57. The molecule has 0 saturated carbocycles. The zero-order valence-corrected chi connectivity index (χ0v) is 18.4. The fraction of sp³-hybridized carbons (Fsp3) is 0.650. The highest BCUT2D eigenvalue weighted by Gasteiger charge is 2.40. The molecule has 1 unspecified atom stereocenters. The SMILES string of the molecule is COC1(C(=O)NCC(c2ccc(C)cc2)N2CCOCC2)CCNCC1.Cl.Cl. The van der Waals surface area contributed by atoms with E-state index in [-0.39, 0.29) is 36.8 Å². The van der Waals surface area contributed by atoms with Gasteiger partial charge in [0.15, 0.2) is 0 Å². The zero-order chi connectivity index (χ0) is 18.4. The fourth-order valence-corrected chi connectivity index (χ4v) is 3.84. The molecular formula is C20H33Cl2N3O3. The van der Waals surface area contributed by atoms with E-state index in [1.54, 1.807) is 7.11 Å². The molecule has 3 rings (SSSR count). The summed E-state index contributed by atoms with van der Waals surface area (Å²) in [7, 11) is 1.64. The van der Waals surface area contributed by atoms with Crippen LogP contribution in [0.1, 0.15) is 30.0 Å². The first-order chi connectivity index (χ1) is 12.6. The molecule has 0 radical (unpaired) electrons. The van der Waals surface area contributed by atoms with Crippen molar-refractivity contribution in [3.63, 3.8) is 0 Å². The molecule has 0 spiro atoms. The number of hydrogen-bond donors (Lipinski definition) is 2. The highest BCUT2D eigenvalue weighted by molar-refractivity contribution is 5.86. The standard InChI is InChI=1S/C20H31N3O3.2ClH/c1-16-3-5-17(6-4-16)18(23-11-13-26-14-12-23)15-22-19(24)20(25-2)7-9-21-10-8-20;;/h3-6,18,21H,7-15H2,1-2H3,(H,22,24);2*1H. The van der Waals surface area contributed by atoms with E-state index in [9.17, 15) is 4.79 Å². The van der Waals surface area contributed by atoms with Crippen LogP contribution in [0.25, 0.3) is 0 Å². The fourth-order valence-electron chi connectivity index (χ4n) is 3.84. The molecule has 0 aliphatic carbocycles. The molecule has 8 heteroatoms. The summed E-state index contributed by atoms with van der Waals surface area (Å²) in [5.41, 5.74) is 1.77. The Balaban J connectivity index is 0.00000196. The van der Waals surface area contributed by atoms with Crippen molar-refractivity contribution in [1.29, 1.82) is 0 Å². The quantitative estimate of drug-likeness (QED) is 0.718. The van der Waals surface area contributed by atoms with Crippen molar-refractivity contribution >= 4 is 30.7 Å². The first-order valence-electron chi connectivity index (χ1n) is 9.57. The highest BCUT2D eigenvalue weighted by Crippen LogP contribution is 2.25. The van der Waals surface area contributed by atoms with Crippen LogP contribution in [-0.4, -0.2) is 69.5 Å². The first kappa shape index (κ1) is 25.1. The molecular weight excluding hydrogens is 401 g/mol. The largest absolute Gasteiger partial charge is 0.379 e. The summed E-state index contributed by atoms with van der Waals surface area (Å²) in [5.74, 6) is 0.00636. The van der Waals surface area contributed by atoms with Crippen LogP contribution in [0.5, 0.6) is 0 Å². The van der Waals surface area contributed by atoms with Crippen molar-refractivity contribution in [3.8, 4) is 0 Å². The lowest BCUT2D eigenvalue weighted by atomic mass is 9.91. The molecule has 2 N–H and O–H groups in total. The average Bonchev–Trinajstić information content (AvgIpc) is 2.70. The second kappa shape index (κ2) is 12.0. The third-order valence-corrected chi connectivity index (χ3v) is 5.62. The van der Waals surface area contributed by atoms with Crippen LogP contribution < -0.4 is 10.6 Å². The van der Waals surface area contributed by atoms with E-state index in [4.69, 9.17) is 9.47 Å². The lowest BCUT2D eigenvalue weighted by Gasteiger charge is -2.37. The molecule has 28 heavy (non-hydrogen) atoms. The van der Waals surface area contributed by atoms with Crippen molar-refractivity contribution in [1.82, 2.24) is 15.5 Å². The number of carbonyl (C=O) groups excluding carboxylic acids is 1. The number of aryl methyl sites for hydroxylation is 1. The van der Waals surface area contributed by atoms with Crippen LogP contribution >= 0.6 is 24.8 Å². The highest BCUT2D eigenvalue weighted by atomic mass is 35.5. The number of carbonyl (C=O) groups is 1. The van der Waals surface area contributed by atoms with Gasteiger partial charge in [-0.25, -0.2) is 0 Å². The summed E-state index contributed by atoms with van der Waals surface area (Å²) < 4.78 is 11.2. The van der Waals surface area contributed by atoms with Gasteiger partial charge in [0.25, 0.3) is 5.91 Å². The lowest BCUT2D eigenvalue weighted by molar-refractivity contribution is -0.147. The van der Waals surface area contributed by atoms with Gasteiger partial charge in [0.1, 0.15) is 5.60 Å². The second-order valence-electron chi connectivity index (χ2n) is 7.23. The van der Waals surface area contributed by atoms with Gasteiger partial charge in [-0.2, -0.15) is 0 Å². The zero-order valence-electron chi connectivity index (χ0n) is 16.7. The second-order valence-corrected chi connectivity index (χ2v) is 7.23. The molecule has 160 valence electrons. The van der Waals surface area contributed by atoms with Gasteiger partial charge in [-0.05, 0) is 38.4 Å². The summed E-state index contributed by atoms with van der Waals surface area (Å²) in [4.78, 5) is 15.3. The van der Waals surface area contributed by atoms with Gasteiger partial charge in [-0.15, -0.1) is 24.8 Å². The molecule has 6 nitrogen and oxygen atoms in total. The number of methoxy groups -OCH3 is 1. The minimum absolute atomic E-state index is 0. The third-order valence-electron chi connectivity index (χ3n) is 5.62. The van der Waals surface area contributed by atoms with E-state index in [0.29, 0.717) is 19.4 Å². The molecule has 1 aromatic carbocycles. The van der Waals surface area contributed by atoms with Gasteiger partial charge in [-0.1, -0.05) is 29.8 Å². The minimum atomic E-state index is -0.700. The molecule has 2 aliphatic rings. The normalized spacial score (nSPS) is 20.4. The molecule has 2 saturated heterocycles. The molecule has 0 bridgehead atoms. The molecule has 1 aromatic rings. The summed E-state index contributed by atoms with van der Waals surface area (Å²) in [6, 6.07) is 8.75. The van der Waals surface area contributed by atoms with Crippen LogP contribution in [0.3, 0.4) is 0 Å². The summed E-state index contributed by atoms with van der Waals surface area (Å²) in [6.45, 7) is 7.54. The third kappa shape index (κ3) is 6.05. The predicted molar refractivity (Wildman–Crippen MR) is 116 cm³/mol. The smallest absolute Gasteiger partial charge is 0.252 e. The predicted octanol–water partition coefficient (Wildman–Crippen LogP) is 2.10. The van der Waals surface area contributed by atoms with Crippen molar-refractivity contribution in [2.24, 2.45) is 0 Å². The number of nitrogens with one attached hydrogen (secondary N) is 2. The van der Waals surface area contributed by atoms with E-state index < -0.39 is 5.60 Å². The van der Waals surface area contributed by atoms with E-state index >= 15 is 0 Å². The number of piperidine rings is 1. The maximum Gasteiger partial charge on any atom is 0.252 e. The van der Waals surface area contributed by atoms with Gasteiger partial charge in [0.2, 0.25) is 0 Å². The van der Waals surface area contributed by atoms with Gasteiger partial charge in [0, 0.05) is 26.7 Å². The van der Waals surface area contributed by atoms with E-state index in [1.807, 2.05) is 0 Å². The number of morpholine rings is 1. The maximum atomic E-state index is 12.9. The van der Waals surface area contributed by atoms with E-state index in [0.717, 1.165) is 39.4 Å². The molecule has 1 amide bonds. The number of hydrogen-bond acceptors (Lipinski definition) is 5. The van der Waals surface area contributed by atoms with E-state index in [1.165, 1.54) is 11.1 Å². The van der Waals surface area contributed by atoms with Crippen LogP contribution in [0.15, 0.2) is 24.3 Å². The van der Waals surface area contributed by atoms with Gasteiger partial charge in [0.05, 0.1) is 19.3 Å². The summed E-state index contributed by atoms with van der Waals surface area (Å²) in [5, 5.41) is 6.47. The Morgan fingerprint density at radius 2 is 1.82 bits per heavy atom. The minimum Gasteiger partial charge on any atom is -0.379 e. The Morgan fingerprint density at radius 3 is 2.39 bits per heavy atom. The van der Waals surface area contributed by atoms with Gasteiger partial charge < -0.3 is 20.1 Å². The Bertz CT molecular complexity index is 589. The number of benzene rings is 1. The Labute approximate surface area is 180 Å². The van der Waals surface area contributed by atoms with E-state index in [2.05, 4.69) is 46.7 Å². The number of ether oxygens (including phenoxy) is 2. The Hall–Kier alpha value is -0.890. The van der Waals surface area contributed by atoms with Crippen LogP contribution in [-0.2, 0) is 14.3 Å². The molecule has 0 aromatic heterocycles. The van der Waals surface area contributed by atoms with Crippen LogP contribution in [0.2, 0.25) is 0 Å². The Morgan fingerprint density at radius 1 is 1.21 bits per heavy atom. The molecule has 2 fully saturated rings. The van der Waals surface area contributed by atoms with Crippen molar-refractivity contribution in [2.75, 3.05) is 53.0 Å². The van der Waals surface area contributed by atoms with Crippen molar-refractivity contribution in [3.05, 3.63) is 35.4 Å². The Kier molecular flexibility index (Phi) is 10.7. The number of halogens is 2. The van der Waals surface area contributed by atoms with Gasteiger partial charge in [-0.3, -0.25) is 9.69 Å². The molecule has 2 heterocycles. The number of amides is 1.